The first-order valence-corrected chi connectivity index (χ1v) is 12.5. The van der Waals surface area contributed by atoms with E-state index in [2.05, 4.69) is 20.5 Å². The average Bonchev–Trinajstić information content (AvgIpc) is 3.36. The predicted octanol–water partition coefficient (Wildman–Crippen LogP) is 7.36. The fourth-order valence-corrected chi connectivity index (χ4v) is 5.28. The van der Waals surface area contributed by atoms with Gasteiger partial charge in [-0.25, -0.2) is 0 Å². The number of nitrogens with one attached hydrogen (secondary N) is 1. The smallest absolute Gasteiger partial charge is 0.403 e. The first kappa shape index (κ1) is 25.5. The van der Waals surface area contributed by atoms with Gasteiger partial charge in [-0.3, -0.25) is 4.98 Å². The Labute approximate surface area is 217 Å². The van der Waals surface area contributed by atoms with Gasteiger partial charge in [-0.05, 0) is 91.6 Å². The van der Waals surface area contributed by atoms with Crippen molar-refractivity contribution in [2.24, 2.45) is 5.92 Å². The third kappa shape index (κ3) is 5.72. The highest BCUT2D eigenvalue weighted by Gasteiger charge is 2.33. The van der Waals surface area contributed by atoms with E-state index in [-0.39, 0.29) is 17.9 Å². The molecule has 10 heteroatoms. The highest BCUT2D eigenvalue weighted by Crippen LogP contribution is 2.41. The quantitative estimate of drug-likeness (QED) is 0.269. The van der Waals surface area contributed by atoms with Gasteiger partial charge >= 0.3 is 12.2 Å². The normalized spacial score (nSPS) is 19.2. The molecule has 1 aliphatic carbocycles. The van der Waals surface area contributed by atoms with Gasteiger partial charge in [0.05, 0.1) is 23.7 Å². The summed E-state index contributed by atoms with van der Waals surface area (Å²) >= 11 is 5.96. The minimum absolute atomic E-state index is 0.0458. The van der Waals surface area contributed by atoms with Crippen LogP contribution in [0.25, 0.3) is 22.4 Å². The summed E-state index contributed by atoms with van der Waals surface area (Å²) in [6.07, 6.45) is 0.753. The van der Waals surface area contributed by atoms with Crippen LogP contribution in [0.5, 0.6) is 0 Å². The van der Waals surface area contributed by atoms with Crippen LogP contribution < -0.4 is 5.32 Å². The van der Waals surface area contributed by atoms with Crippen LogP contribution in [0, 0.1) is 5.92 Å². The van der Waals surface area contributed by atoms with E-state index in [0.29, 0.717) is 34.4 Å². The van der Waals surface area contributed by atoms with Crippen LogP contribution in [-0.4, -0.2) is 34.9 Å². The number of halogens is 4. The van der Waals surface area contributed by atoms with Crippen LogP contribution in [0.15, 0.2) is 59.1 Å². The highest BCUT2D eigenvalue weighted by molar-refractivity contribution is 6.30. The molecule has 1 N–H and O–H groups in total. The zero-order chi connectivity index (χ0) is 26.0. The average molecular weight is 531 g/mol. The molecule has 6 nitrogen and oxygen atoms in total. The zero-order valence-electron chi connectivity index (χ0n) is 20.1. The third-order valence-corrected chi connectivity index (χ3v) is 7.31. The van der Waals surface area contributed by atoms with Crippen molar-refractivity contribution in [1.29, 1.82) is 0 Å². The maximum atomic E-state index is 13.3. The second-order valence-electron chi connectivity index (χ2n) is 9.37. The molecular weight excluding hydrogens is 505 g/mol. The van der Waals surface area contributed by atoms with Gasteiger partial charge in [0.1, 0.15) is 0 Å². The number of pyridine rings is 1. The van der Waals surface area contributed by atoms with E-state index < -0.39 is 11.7 Å². The molecule has 1 unspecified atom stereocenters. The van der Waals surface area contributed by atoms with Gasteiger partial charge in [-0.15, -0.1) is 5.10 Å². The van der Waals surface area contributed by atoms with Gasteiger partial charge in [0.2, 0.25) is 5.89 Å². The summed E-state index contributed by atoms with van der Waals surface area (Å²) in [4.78, 5) is 4.28. The fraction of sp³-hybridized carbons (Fsp3) is 0.370. The van der Waals surface area contributed by atoms with E-state index in [9.17, 15) is 13.2 Å². The summed E-state index contributed by atoms with van der Waals surface area (Å²) < 4.78 is 51.3. The molecule has 2 aromatic heterocycles. The van der Waals surface area contributed by atoms with E-state index >= 15 is 0 Å². The number of aromatic nitrogens is 3. The number of methoxy groups -OCH3 is 1. The lowest BCUT2D eigenvalue weighted by Crippen LogP contribution is -2.35. The predicted molar refractivity (Wildman–Crippen MR) is 135 cm³/mol. The molecule has 0 radical (unpaired) electrons. The number of nitrogens with zero attached hydrogens (tertiary/aromatic N) is 3. The van der Waals surface area contributed by atoms with Crippen molar-refractivity contribution >= 4 is 28.5 Å². The molecule has 1 saturated carbocycles. The van der Waals surface area contributed by atoms with Crippen LogP contribution in [0.1, 0.15) is 42.7 Å². The first-order valence-electron chi connectivity index (χ1n) is 12.1. The Kier molecular flexibility index (Phi) is 7.35. The van der Waals surface area contributed by atoms with Gasteiger partial charge in [-0.2, -0.15) is 13.2 Å². The molecule has 0 bridgehead atoms. The second-order valence-corrected chi connectivity index (χ2v) is 9.80. The molecule has 0 saturated heterocycles. The zero-order valence-corrected chi connectivity index (χ0v) is 20.9. The van der Waals surface area contributed by atoms with E-state index in [4.69, 9.17) is 20.8 Å². The maximum Gasteiger partial charge on any atom is 0.416 e. The van der Waals surface area contributed by atoms with Gasteiger partial charge < -0.3 is 14.5 Å². The third-order valence-electron chi connectivity index (χ3n) is 7.05. The fourth-order valence-electron chi connectivity index (χ4n) is 5.16. The van der Waals surface area contributed by atoms with Gasteiger partial charge in [0.15, 0.2) is 0 Å². The molecule has 2 heterocycles. The number of benzene rings is 2. The van der Waals surface area contributed by atoms with E-state index in [1.54, 1.807) is 25.4 Å². The molecule has 1 fully saturated rings. The summed E-state index contributed by atoms with van der Waals surface area (Å²) in [6, 6.07) is 13.0. The largest absolute Gasteiger partial charge is 0.416 e. The molecule has 0 spiro atoms. The molecule has 194 valence electrons. The highest BCUT2D eigenvalue weighted by atomic mass is 35.5. The molecule has 1 aliphatic rings. The van der Waals surface area contributed by atoms with Crippen molar-refractivity contribution in [3.8, 4) is 11.5 Å². The Morgan fingerprint density at radius 3 is 2.51 bits per heavy atom. The first-order chi connectivity index (χ1) is 17.8. The lowest BCUT2D eigenvalue weighted by Gasteiger charge is -2.34. The number of alkyl halides is 3. The topological polar surface area (TPSA) is 73.1 Å². The lowest BCUT2D eigenvalue weighted by molar-refractivity contribution is -0.137. The molecular formula is C27H26ClF3N4O2. The Morgan fingerprint density at radius 2 is 1.81 bits per heavy atom. The summed E-state index contributed by atoms with van der Waals surface area (Å²) in [7, 11) is 1.65. The number of fused-ring (bicyclic) bond motifs is 1. The van der Waals surface area contributed by atoms with Gasteiger partial charge in [0, 0.05) is 29.3 Å². The van der Waals surface area contributed by atoms with Crippen molar-refractivity contribution in [1.82, 2.24) is 15.2 Å². The standard InChI is InChI=1S/C27H26ClF3N4O2/c1-36-15-24(33-26-35-34-25(37-26)18-6-9-20(28)10-7-18)17-4-2-16(3-5-17)21-12-13-32-23-11-8-19(14-22(21)23)27(29,30)31/h6-14,16-17,24H,2-5,15H2,1H3,(H,33,35)/t16-,17+,24?. The van der Waals surface area contributed by atoms with Crippen LogP contribution in [0.4, 0.5) is 19.2 Å². The lowest BCUT2D eigenvalue weighted by atomic mass is 9.75. The molecule has 4 aromatic rings. The van der Waals surface area contributed by atoms with Gasteiger partial charge in [0.25, 0.3) is 0 Å². The Balaban J connectivity index is 1.28. The molecule has 2 aromatic carbocycles. The molecule has 0 aliphatic heterocycles. The number of anilines is 1. The number of hydrogen-bond donors (Lipinski definition) is 1. The van der Waals surface area contributed by atoms with E-state index in [1.165, 1.54) is 12.1 Å². The van der Waals surface area contributed by atoms with Crippen molar-refractivity contribution in [2.45, 2.75) is 43.8 Å². The van der Waals surface area contributed by atoms with Crippen molar-refractivity contribution in [3.05, 3.63) is 70.9 Å². The van der Waals surface area contributed by atoms with Crippen LogP contribution in [0.3, 0.4) is 0 Å². The minimum Gasteiger partial charge on any atom is -0.403 e. The van der Waals surface area contributed by atoms with Crippen molar-refractivity contribution in [2.75, 3.05) is 19.0 Å². The SMILES string of the molecule is COCC(Nc1nnc(-c2ccc(Cl)cc2)o1)[C@H]1CC[C@@H](c2ccnc3ccc(C(F)(F)F)cc32)CC1. The Hall–Kier alpha value is -3.17. The van der Waals surface area contributed by atoms with Gasteiger partial charge in [-0.1, -0.05) is 16.7 Å². The minimum atomic E-state index is -4.39. The summed E-state index contributed by atoms with van der Waals surface area (Å²) in [6.45, 7) is 0.459. The summed E-state index contributed by atoms with van der Waals surface area (Å²) in [5.41, 5.74) is 1.63. The molecule has 37 heavy (non-hydrogen) atoms. The van der Waals surface area contributed by atoms with Crippen LogP contribution >= 0.6 is 11.6 Å². The molecule has 5 rings (SSSR count). The Morgan fingerprint density at radius 1 is 1.05 bits per heavy atom. The van der Waals surface area contributed by atoms with E-state index in [1.807, 2.05) is 18.2 Å². The Bertz CT molecular complexity index is 1350. The molecule has 0 amide bonds. The monoisotopic (exact) mass is 530 g/mol. The van der Waals surface area contributed by atoms with Crippen molar-refractivity contribution < 1.29 is 22.3 Å². The summed E-state index contributed by atoms with van der Waals surface area (Å²) in [5, 5.41) is 12.8. The molecule has 1 atom stereocenters. The van der Waals surface area contributed by atoms with Crippen molar-refractivity contribution in [3.63, 3.8) is 0 Å². The number of rotatable bonds is 7. The van der Waals surface area contributed by atoms with E-state index in [0.717, 1.165) is 42.9 Å². The second kappa shape index (κ2) is 10.7. The van der Waals surface area contributed by atoms with Crippen LogP contribution in [0.2, 0.25) is 5.02 Å². The van der Waals surface area contributed by atoms with Crippen LogP contribution in [-0.2, 0) is 10.9 Å². The number of hydrogen-bond acceptors (Lipinski definition) is 6. The number of ether oxygens (including phenoxy) is 1. The summed E-state index contributed by atoms with van der Waals surface area (Å²) in [5.74, 6) is 0.830. The maximum absolute atomic E-state index is 13.3.